The first-order chi connectivity index (χ1) is 9.68. The molecule has 112 valence electrons. The highest BCUT2D eigenvalue weighted by molar-refractivity contribution is 7.90. The smallest absolute Gasteiger partial charge is 0.256 e. The lowest BCUT2D eigenvalue weighted by Gasteiger charge is -2.10. The van der Waals surface area contributed by atoms with Crippen LogP contribution in [0.4, 0.5) is 5.69 Å². The monoisotopic (exact) mass is 323 g/mol. The Bertz CT molecular complexity index is 804. The normalized spacial score (nSPS) is 11.4. The zero-order valence-electron chi connectivity index (χ0n) is 12.4. The second-order valence-corrected chi connectivity index (χ2v) is 8.51. The van der Waals surface area contributed by atoms with Gasteiger partial charge in [-0.3, -0.25) is 4.79 Å². The van der Waals surface area contributed by atoms with Crippen molar-refractivity contribution in [2.75, 3.05) is 11.6 Å². The molecule has 6 heteroatoms. The fourth-order valence-electron chi connectivity index (χ4n) is 2.01. The van der Waals surface area contributed by atoms with E-state index in [2.05, 4.69) is 5.32 Å². The summed E-state index contributed by atoms with van der Waals surface area (Å²) >= 11 is 1.56. The Kier molecular flexibility index (Phi) is 4.20. The largest absolute Gasteiger partial charge is 0.322 e. The molecule has 1 amide bonds. The zero-order valence-corrected chi connectivity index (χ0v) is 14.0. The molecule has 1 N–H and O–H groups in total. The maximum Gasteiger partial charge on any atom is 0.256 e. The summed E-state index contributed by atoms with van der Waals surface area (Å²) in [7, 11) is -3.30. The van der Waals surface area contributed by atoms with Gasteiger partial charge in [-0.1, -0.05) is 6.07 Å². The van der Waals surface area contributed by atoms with Gasteiger partial charge in [0.15, 0.2) is 9.84 Å². The van der Waals surface area contributed by atoms with Gasteiger partial charge in [-0.2, -0.15) is 0 Å². The van der Waals surface area contributed by atoms with E-state index in [-0.39, 0.29) is 10.8 Å². The highest BCUT2D eigenvalue weighted by Gasteiger charge is 2.15. The lowest BCUT2D eigenvalue weighted by molar-refractivity contribution is 0.102. The Morgan fingerprint density at radius 2 is 1.81 bits per heavy atom. The Morgan fingerprint density at radius 3 is 2.33 bits per heavy atom. The van der Waals surface area contributed by atoms with Crippen molar-refractivity contribution >= 4 is 32.8 Å². The van der Waals surface area contributed by atoms with Crippen LogP contribution in [-0.2, 0) is 9.84 Å². The van der Waals surface area contributed by atoms with Crippen LogP contribution in [0.3, 0.4) is 0 Å². The van der Waals surface area contributed by atoms with Gasteiger partial charge in [0, 0.05) is 21.7 Å². The fraction of sp³-hybridized carbons (Fsp3) is 0.267. The molecule has 2 rings (SSSR count). The summed E-state index contributed by atoms with van der Waals surface area (Å²) in [6.07, 6.45) is 1.15. The molecule has 0 fully saturated rings. The molecule has 0 saturated carbocycles. The van der Waals surface area contributed by atoms with Crippen molar-refractivity contribution < 1.29 is 13.2 Å². The molecule has 0 radical (unpaired) electrons. The summed E-state index contributed by atoms with van der Waals surface area (Å²) in [5, 5.41) is 2.80. The second kappa shape index (κ2) is 5.61. The molecule has 0 aliphatic rings. The highest BCUT2D eigenvalue weighted by Crippen LogP contribution is 2.24. The predicted octanol–water partition coefficient (Wildman–Crippen LogP) is 3.33. The van der Waals surface area contributed by atoms with E-state index < -0.39 is 9.84 Å². The van der Waals surface area contributed by atoms with Gasteiger partial charge in [-0.05, 0) is 44.5 Å². The third-order valence-corrected chi connectivity index (χ3v) is 5.25. The molecular formula is C15H17NO3S2. The summed E-state index contributed by atoms with van der Waals surface area (Å²) in [5.41, 5.74) is 1.97. The number of amides is 1. The topological polar surface area (TPSA) is 63.2 Å². The summed E-state index contributed by atoms with van der Waals surface area (Å²) in [5.74, 6) is -0.217. The van der Waals surface area contributed by atoms with E-state index >= 15 is 0 Å². The summed E-state index contributed by atoms with van der Waals surface area (Å²) in [6.45, 7) is 5.67. The molecule has 1 heterocycles. The van der Waals surface area contributed by atoms with Crippen LogP contribution in [0.15, 0.2) is 29.2 Å². The van der Waals surface area contributed by atoms with E-state index in [4.69, 9.17) is 0 Å². The Hall–Kier alpha value is -1.66. The van der Waals surface area contributed by atoms with E-state index in [1.165, 1.54) is 6.07 Å². The van der Waals surface area contributed by atoms with Crippen molar-refractivity contribution in [1.29, 1.82) is 0 Å². The number of nitrogens with one attached hydrogen (secondary N) is 1. The van der Waals surface area contributed by atoms with E-state index in [1.54, 1.807) is 23.5 Å². The third-order valence-electron chi connectivity index (χ3n) is 3.17. The van der Waals surface area contributed by atoms with Gasteiger partial charge in [-0.15, -0.1) is 11.3 Å². The van der Waals surface area contributed by atoms with Gasteiger partial charge in [-0.25, -0.2) is 8.42 Å². The van der Waals surface area contributed by atoms with Crippen LogP contribution >= 0.6 is 11.3 Å². The fourth-order valence-corrected chi connectivity index (χ4v) is 3.58. The van der Waals surface area contributed by atoms with Crippen LogP contribution < -0.4 is 5.32 Å². The molecule has 21 heavy (non-hydrogen) atoms. The number of hydrogen-bond donors (Lipinski definition) is 1. The number of rotatable bonds is 3. The predicted molar refractivity (Wildman–Crippen MR) is 86.0 cm³/mol. The van der Waals surface area contributed by atoms with Crippen LogP contribution in [0, 0.1) is 20.8 Å². The summed E-state index contributed by atoms with van der Waals surface area (Å²) in [4.78, 5) is 14.5. The molecule has 1 aromatic heterocycles. The van der Waals surface area contributed by atoms with Crippen molar-refractivity contribution in [1.82, 2.24) is 0 Å². The molecule has 0 unspecified atom stereocenters. The Morgan fingerprint density at radius 1 is 1.14 bits per heavy atom. The molecule has 4 nitrogen and oxygen atoms in total. The minimum Gasteiger partial charge on any atom is -0.322 e. The molecule has 0 saturated heterocycles. The number of carbonyl (C=O) groups excluding carboxylic acids is 1. The van der Waals surface area contributed by atoms with E-state index in [0.29, 0.717) is 11.3 Å². The van der Waals surface area contributed by atoms with Gasteiger partial charge < -0.3 is 5.32 Å². The number of aryl methyl sites for hydroxylation is 3. The third kappa shape index (κ3) is 3.51. The van der Waals surface area contributed by atoms with Crippen molar-refractivity contribution in [3.63, 3.8) is 0 Å². The van der Waals surface area contributed by atoms with Crippen LogP contribution in [0.2, 0.25) is 0 Å². The highest BCUT2D eigenvalue weighted by atomic mass is 32.2. The van der Waals surface area contributed by atoms with Gasteiger partial charge in [0.25, 0.3) is 5.91 Å². The summed E-state index contributed by atoms with van der Waals surface area (Å²) in [6, 6.07) is 6.57. The van der Waals surface area contributed by atoms with E-state index in [0.717, 1.165) is 21.6 Å². The molecule has 0 spiro atoms. The first kappa shape index (κ1) is 15.7. The quantitative estimate of drug-likeness (QED) is 0.942. The van der Waals surface area contributed by atoms with E-state index in [9.17, 15) is 13.2 Å². The Labute approximate surface area is 128 Å². The SMILES string of the molecule is Cc1cc(C(=O)Nc2cc(S(C)(=O)=O)ccc2C)c(C)s1. The minimum atomic E-state index is -3.30. The van der Waals surface area contributed by atoms with Crippen molar-refractivity contribution in [3.05, 3.63) is 45.1 Å². The van der Waals surface area contributed by atoms with Crippen molar-refractivity contribution in [2.45, 2.75) is 25.7 Å². The van der Waals surface area contributed by atoms with Gasteiger partial charge >= 0.3 is 0 Å². The number of anilines is 1. The molecular weight excluding hydrogens is 306 g/mol. The van der Waals surface area contributed by atoms with Crippen molar-refractivity contribution in [2.24, 2.45) is 0 Å². The number of sulfone groups is 1. The second-order valence-electron chi connectivity index (χ2n) is 5.03. The standard InChI is InChI=1S/C15H17NO3S2/c1-9-5-6-12(21(4,18)19)8-14(9)16-15(17)13-7-10(2)20-11(13)3/h5-8H,1-4H3,(H,16,17). The minimum absolute atomic E-state index is 0.196. The number of thiophene rings is 1. The molecule has 0 aliphatic heterocycles. The number of carbonyl (C=O) groups is 1. The average Bonchev–Trinajstić information content (AvgIpc) is 2.70. The lowest BCUT2D eigenvalue weighted by atomic mass is 10.2. The summed E-state index contributed by atoms with van der Waals surface area (Å²) < 4.78 is 23.2. The maximum atomic E-state index is 12.3. The zero-order chi connectivity index (χ0) is 15.8. The molecule has 0 bridgehead atoms. The van der Waals surface area contributed by atoms with Crippen LogP contribution in [0.1, 0.15) is 25.7 Å². The lowest BCUT2D eigenvalue weighted by Crippen LogP contribution is -2.13. The van der Waals surface area contributed by atoms with E-state index in [1.807, 2.05) is 26.8 Å². The van der Waals surface area contributed by atoms with Gasteiger partial charge in [0.05, 0.1) is 10.5 Å². The first-order valence-corrected chi connectivity index (χ1v) is 9.08. The number of benzene rings is 1. The average molecular weight is 323 g/mol. The van der Waals surface area contributed by atoms with Crippen LogP contribution in [0.5, 0.6) is 0 Å². The molecule has 2 aromatic rings. The van der Waals surface area contributed by atoms with Crippen LogP contribution in [0.25, 0.3) is 0 Å². The molecule has 0 aliphatic carbocycles. The Balaban J connectivity index is 2.35. The first-order valence-electron chi connectivity index (χ1n) is 6.37. The van der Waals surface area contributed by atoms with Gasteiger partial charge in [0.2, 0.25) is 0 Å². The van der Waals surface area contributed by atoms with Crippen LogP contribution in [-0.4, -0.2) is 20.6 Å². The van der Waals surface area contributed by atoms with Gasteiger partial charge in [0.1, 0.15) is 0 Å². The number of hydrogen-bond acceptors (Lipinski definition) is 4. The van der Waals surface area contributed by atoms with Crippen molar-refractivity contribution in [3.8, 4) is 0 Å². The molecule has 0 atom stereocenters. The maximum absolute atomic E-state index is 12.3. The molecule has 1 aromatic carbocycles.